The van der Waals surface area contributed by atoms with Gasteiger partial charge in [-0.15, -0.1) is 0 Å². The molecule has 0 bridgehead atoms. The van der Waals surface area contributed by atoms with Gasteiger partial charge in [-0.1, -0.05) is 46.3 Å². The van der Waals surface area contributed by atoms with Crippen molar-refractivity contribution in [2.45, 2.75) is 13.3 Å². The van der Waals surface area contributed by atoms with Crippen molar-refractivity contribution < 1.29 is 0 Å². The first-order chi connectivity index (χ1) is 5.34. The minimum atomic E-state index is 1.01. The highest BCUT2D eigenvalue weighted by atomic mass is 79.9. The van der Waals surface area contributed by atoms with Crippen molar-refractivity contribution in [3.05, 3.63) is 46.5 Å². The molecular weight excluding hydrogens is 200 g/mol. The molecule has 1 aromatic carbocycles. The summed E-state index contributed by atoms with van der Waals surface area (Å²) in [6, 6.07) is 8.29. The van der Waals surface area contributed by atoms with Crippen molar-refractivity contribution in [2.75, 3.05) is 0 Å². The zero-order chi connectivity index (χ0) is 8.10. The van der Waals surface area contributed by atoms with E-state index in [-0.39, 0.29) is 0 Å². The molecule has 1 rings (SSSR count). The van der Waals surface area contributed by atoms with E-state index in [2.05, 4.69) is 46.3 Å². The quantitative estimate of drug-likeness (QED) is 0.656. The summed E-state index contributed by atoms with van der Waals surface area (Å²) >= 11 is 3.49. The molecule has 58 valence electrons. The molecule has 1 aromatic rings. The molecular formula is C10H11Br. The molecule has 0 spiro atoms. The van der Waals surface area contributed by atoms with E-state index in [0.717, 1.165) is 6.42 Å². The zero-order valence-corrected chi connectivity index (χ0v) is 8.14. The Bertz CT molecular complexity index is 251. The predicted molar refractivity (Wildman–Crippen MR) is 52.7 cm³/mol. The van der Waals surface area contributed by atoms with Gasteiger partial charge in [-0.3, -0.25) is 0 Å². The lowest BCUT2D eigenvalue weighted by molar-refractivity contribution is 1.24. The molecule has 0 aliphatic heterocycles. The van der Waals surface area contributed by atoms with Gasteiger partial charge in [-0.2, -0.15) is 0 Å². The van der Waals surface area contributed by atoms with Gasteiger partial charge >= 0.3 is 0 Å². The third-order valence-electron chi connectivity index (χ3n) is 1.53. The van der Waals surface area contributed by atoms with Crippen LogP contribution in [0.3, 0.4) is 0 Å². The van der Waals surface area contributed by atoms with Gasteiger partial charge in [-0.25, -0.2) is 0 Å². The van der Waals surface area contributed by atoms with E-state index in [1.807, 2.05) is 13.0 Å². The van der Waals surface area contributed by atoms with Gasteiger partial charge in [0, 0.05) is 4.47 Å². The monoisotopic (exact) mass is 210 g/mol. The average molecular weight is 211 g/mol. The molecule has 0 saturated carbocycles. The number of hydrogen-bond donors (Lipinski definition) is 0. The molecule has 0 nitrogen and oxygen atoms in total. The van der Waals surface area contributed by atoms with Gasteiger partial charge in [-0.05, 0) is 25.0 Å². The molecule has 0 fully saturated rings. The van der Waals surface area contributed by atoms with Crippen LogP contribution in [0, 0.1) is 0 Å². The van der Waals surface area contributed by atoms with Crippen LogP contribution in [-0.4, -0.2) is 0 Å². The van der Waals surface area contributed by atoms with Crippen LogP contribution in [0.25, 0.3) is 0 Å². The van der Waals surface area contributed by atoms with E-state index in [9.17, 15) is 0 Å². The Labute approximate surface area is 76.1 Å². The fraction of sp³-hybridized carbons (Fsp3) is 0.200. The van der Waals surface area contributed by atoms with Gasteiger partial charge in [0.2, 0.25) is 0 Å². The van der Waals surface area contributed by atoms with Gasteiger partial charge in [0.25, 0.3) is 0 Å². The Morgan fingerprint density at radius 3 is 2.73 bits per heavy atom. The number of allylic oxidation sites excluding steroid dienone is 2. The lowest BCUT2D eigenvalue weighted by atomic mass is 10.1. The highest BCUT2D eigenvalue weighted by Gasteiger charge is 1.93. The van der Waals surface area contributed by atoms with Crippen LogP contribution < -0.4 is 0 Å². The Hall–Kier alpha value is -0.560. The molecule has 0 radical (unpaired) electrons. The maximum absolute atomic E-state index is 3.49. The van der Waals surface area contributed by atoms with Crippen LogP contribution in [0.1, 0.15) is 12.5 Å². The highest BCUT2D eigenvalue weighted by molar-refractivity contribution is 9.10. The maximum Gasteiger partial charge on any atom is 0.0210 e. The number of benzene rings is 1. The molecule has 0 heterocycles. The summed E-state index contributed by atoms with van der Waals surface area (Å²) in [5.41, 5.74) is 1.34. The first-order valence-corrected chi connectivity index (χ1v) is 4.48. The maximum atomic E-state index is 3.49. The summed E-state index contributed by atoms with van der Waals surface area (Å²) in [4.78, 5) is 0. The summed E-state index contributed by atoms with van der Waals surface area (Å²) in [6.45, 7) is 2.04. The van der Waals surface area contributed by atoms with E-state index in [1.54, 1.807) is 0 Å². The molecule has 11 heavy (non-hydrogen) atoms. The van der Waals surface area contributed by atoms with Gasteiger partial charge in [0.05, 0.1) is 0 Å². The van der Waals surface area contributed by atoms with E-state index in [4.69, 9.17) is 0 Å². The number of halogens is 1. The van der Waals surface area contributed by atoms with Crippen LogP contribution in [0.5, 0.6) is 0 Å². The number of rotatable bonds is 2. The Kier molecular flexibility index (Phi) is 3.37. The third kappa shape index (κ3) is 2.51. The summed E-state index contributed by atoms with van der Waals surface area (Å²) in [6.07, 6.45) is 5.23. The minimum absolute atomic E-state index is 1.01. The summed E-state index contributed by atoms with van der Waals surface area (Å²) in [5, 5.41) is 0. The molecule has 0 unspecified atom stereocenters. The molecule has 0 aromatic heterocycles. The van der Waals surface area contributed by atoms with E-state index in [0.29, 0.717) is 0 Å². The SMILES string of the molecule is C/C=C/Cc1ccccc1Br. The second-order valence-corrected chi connectivity index (χ2v) is 3.22. The second kappa shape index (κ2) is 4.35. The Morgan fingerprint density at radius 2 is 2.09 bits per heavy atom. The number of hydrogen-bond acceptors (Lipinski definition) is 0. The predicted octanol–water partition coefficient (Wildman–Crippen LogP) is 3.57. The summed E-state index contributed by atoms with van der Waals surface area (Å²) < 4.78 is 1.19. The fourth-order valence-corrected chi connectivity index (χ4v) is 1.36. The normalized spacial score (nSPS) is 10.7. The molecule has 0 N–H and O–H groups in total. The second-order valence-electron chi connectivity index (χ2n) is 2.36. The van der Waals surface area contributed by atoms with Gasteiger partial charge < -0.3 is 0 Å². The first-order valence-electron chi connectivity index (χ1n) is 3.69. The molecule has 0 aliphatic rings. The Morgan fingerprint density at radius 1 is 1.36 bits per heavy atom. The lowest BCUT2D eigenvalue weighted by Gasteiger charge is -1.98. The van der Waals surface area contributed by atoms with Crippen LogP contribution in [0.2, 0.25) is 0 Å². The van der Waals surface area contributed by atoms with Crippen LogP contribution in [-0.2, 0) is 6.42 Å². The first kappa shape index (κ1) is 8.54. The zero-order valence-electron chi connectivity index (χ0n) is 6.55. The highest BCUT2D eigenvalue weighted by Crippen LogP contribution is 2.16. The fourth-order valence-electron chi connectivity index (χ4n) is 0.909. The smallest absolute Gasteiger partial charge is 0.0210 e. The van der Waals surface area contributed by atoms with Crippen molar-refractivity contribution in [1.29, 1.82) is 0 Å². The van der Waals surface area contributed by atoms with Crippen molar-refractivity contribution in [1.82, 2.24) is 0 Å². The average Bonchev–Trinajstić information content (AvgIpc) is 2.03. The van der Waals surface area contributed by atoms with Crippen molar-refractivity contribution in [2.24, 2.45) is 0 Å². The van der Waals surface area contributed by atoms with Crippen molar-refractivity contribution >= 4 is 15.9 Å². The summed E-state index contributed by atoms with van der Waals surface area (Å²) in [7, 11) is 0. The molecule has 1 heteroatoms. The van der Waals surface area contributed by atoms with Crippen LogP contribution >= 0.6 is 15.9 Å². The molecule has 0 atom stereocenters. The molecule has 0 saturated heterocycles. The van der Waals surface area contributed by atoms with Crippen molar-refractivity contribution in [3.63, 3.8) is 0 Å². The van der Waals surface area contributed by atoms with E-state index in [1.165, 1.54) is 10.0 Å². The largest absolute Gasteiger partial charge is 0.0913 e. The molecule has 0 aliphatic carbocycles. The lowest BCUT2D eigenvalue weighted by Crippen LogP contribution is -1.80. The van der Waals surface area contributed by atoms with Crippen molar-refractivity contribution in [3.8, 4) is 0 Å². The molecule has 0 amide bonds. The summed E-state index contributed by atoms with van der Waals surface area (Å²) in [5.74, 6) is 0. The standard InChI is InChI=1S/C10H11Br/c1-2-3-6-9-7-4-5-8-10(9)11/h2-5,7-8H,6H2,1H3/b3-2+. The van der Waals surface area contributed by atoms with Crippen LogP contribution in [0.4, 0.5) is 0 Å². The third-order valence-corrected chi connectivity index (χ3v) is 2.30. The topological polar surface area (TPSA) is 0 Å². The van der Waals surface area contributed by atoms with E-state index >= 15 is 0 Å². The minimum Gasteiger partial charge on any atom is -0.0913 e. The van der Waals surface area contributed by atoms with Gasteiger partial charge in [0.15, 0.2) is 0 Å². The van der Waals surface area contributed by atoms with E-state index < -0.39 is 0 Å². The van der Waals surface area contributed by atoms with Crippen LogP contribution in [0.15, 0.2) is 40.9 Å². The Balaban J connectivity index is 2.77. The van der Waals surface area contributed by atoms with Gasteiger partial charge in [0.1, 0.15) is 0 Å².